The van der Waals surface area contributed by atoms with Gasteiger partial charge in [-0.1, -0.05) is 13.5 Å². The molecule has 1 saturated heterocycles. The van der Waals surface area contributed by atoms with Gasteiger partial charge in [0, 0.05) is 18.6 Å². The van der Waals surface area contributed by atoms with E-state index in [0.717, 1.165) is 31.8 Å². The Balaban J connectivity index is 2.36. The van der Waals surface area contributed by atoms with E-state index in [4.69, 9.17) is 9.57 Å². The van der Waals surface area contributed by atoms with Crippen LogP contribution in [0.2, 0.25) is 0 Å². The average Bonchev–Trinajstić information content (AvgIpc) is 2.19. The molecule has 1 rings (SSSR count). The van der Waals surface area contributed by atoms with E-state index in [9.17, 15) is 0 Å². The third-order valence-corrected chi connectivity index (χ3v) is 2.64. The van der Waals surface area contributed by atoms with E-state index in [1.807, 2.05) is 0 Å². The molecule has 14 heavy (non-hydrogen) atoms. The Kier molecular flexibility index (Phi) is 4.10. The number of aliphatic imine (C=N–C) groups is 1. The lowest BCUT2D eigenvalue weighted by molar-refractivity contribution is -0.0111. The molecular formula is C10H18N2O2. The third-order valence-electron chi connectivity index (χ3n) is 2.64. The number of hydroxylamine groups is 1. The lowest BCUT2D eigenvalue weighted by Gasteiger charge is -2.34. The van der Waals surface area contributed by atoms with Crippen LogP contribution in [0.25, 0.3) is 0 Å². The molecule has 0 amide bonds. The molecule has 1 N–H and O–H groups in total. The van der Waals surface area contributed by atoms with Gasteiger partial charge in [-0.3, -0.25) is 4.99 Å². The van der Waals surface area contributed by atoms with Crippen molar-refractivity contribution in [2.45, 2.75) is 19.8 Å². The Bertz CT molecular complexity index is 210. The van der Waals surface area contributed by atoms with Gasteiger partial charge in [-0.2, -0.15) is 0 Å². The normalized spacial score (nSPS) is 20.1. The number of nitrogens with one attached hydrogen (secondary N) is 1. The molecule has 4 nitrogen and oxygen atoms in total. The van der Waals surface area contributed by atoms with Gasteiger partial charge >= 0.3 is 0 Å². The summed E-state index contributed by atoms with van der Waals surface area (Å²) in [4.78, 5) is 8.91. The summed E-state index contributed by atoms with van der Waals surface area (Å²) in [6.07, 6.45) is 1.91. The second kappa shape index (κ2) is 5.12. The number of allylic oxidation sites excluding steroid dienone is 1. The zero-order chi connectivity index (χ0) is 10.4. The maximum atomic E-state index is 5.30. The molecule has 1 fully saturated rings. The van der Waals surface area contributed by atoms with E-state index >= 15 is 0 Å². The molecule has 0 bridgehead atoms. The summed E-state index contributed by atoms with van der Waals surface area (Å²) in [5.41, 5.74) is 2.71. The minimum atomic E-state index is 0.0203. The van der Waals surface area contributed by atoms with Gasteiger partial charge in [0.15, 0.2) is 0 Å². The Morgan fingerprint density at radius 1 is 1.57 bits per heavy atom. The van der Waals surface area contributed by atoms with Crippen molar-refractivity contribution in [2.24, 2.45) is 10.4 Å². The molecule has 1 aliphatic heterocycles. The predicted octanol–water partition coefficient (Wildman–Crippen LogP) is 1.50. The first-order chi connectivity index (χ1) is 6.69. The molecule has 0 saturated carbocycles. The molecule has 0 aliphatic carbocycles. The molecule has 80 valence electrons. The summed E-state index contributed by atoms with van der Waals surface area (Å²) in [7, 11) is 0. The minimum Gasteiger partial charge on any atom is -0.411 e. The summed E-state index contributed by atoms with van der Waals surface area (Å²) >= 11 is 0. The van der Waals surface area contributed by atoms with Crippen molar-refractivity contribution in [3.8, 4) is 0 Å². The molecule has 0 aromatic heterocycles. The lowest BCUT2D eigenvalue weighted by Crippen LogP contribution is -2.31. The van der Waals surface area contributed by atoms with E-state index in [2.05, 4.69) is 30.7 Å². The van der Waals surface area contributed by atoms with Crippen LogP contribution in [-0.4, -0.2) is 26.6 Å². The zero-order valence-corrected chi connectivity index (χ0v) is 8.71. The Morgan fingerprint density at radius 2 is 2.21 bits per heavy atom. The van der Waals surface area contributed by atoms with Gasteiger partial charge in [-0.25, -0.2) is 0 Å². The summed E-state index contributed by atoms with van der Waals surface area (Å²) < 4.78 is 5.30. The van der Waals surface area contributed by atoms with Crippen LogP contribution in [0.5, 0.6) is 0 Å². The summed E-state index contributed by atoms with van der Waals surface area (Å²) in [5.74, 6) is 0.754. The second-order valence-electron chi connectivity index (χ2n) is 3.72. The maximum Gasteiger partial charge on any atom is 0.123 e. The molecule has 1 aliphatic rings. The van der Waals surface area contributed by atoms with E-state index < -0.39 is 0 Å². The van der Waals surface area contributed by atoms with Gasteiger partial charge in [0.25, 0.3) is 0 Å². The molecule has 0 aromatic rings. The smallest absolute Gasteiger partial charge is 0.123 e. The highest BCUT2D eigenvalue weighted by Crippen LogP contribution is 2.36. The summed E-state index contributed by atoms with van der Waals surface area (Å²) in [5, 5.41) is 0. The molecule has 0 aromatic carbocycles. The number of nitrogens with zero attached hydrogens (tertiary/aromatic N) is 1. The first-order valence-corrected chi connectivity index (χ1v) is 4.78. The second-order valence-corrected chi connectivity index (χ2v) is 3.72. The fourth-order valence-electron chi connectivity index (χ4n) is 1.39. The van der Waals surface area contributed by atoms with Gasteiger partial charge in [0.1, 0.15) is 12.4 Å². The maximum absolute atomic E-state index is 5.30. The van der Waals surface area contributed by atoms with Crippen molar-refractivity contribution in [3.63, 3.8) is 0 Å². The molecule has 0 unspecified atom stereocenters. The molecule has 1 heterocycles. The number of rotatable bonds is 5. The van der Waals surface area contributed by atoms with Crippen LogP contribution < -0.4 is 5.48 Å². The van der Waals surface area contributed by atoms with Crippen LogP contribution in [0.15, 0.2) is 17.3 Å². The van der Waals surface area contributed by atoms with Crippen molar-refractivity contribution in [1.29, 1.82) is 0 Å². The SMILES string of the molecule is C=NCNOC(=C)C1(C)CCOCC1. The van der Waals surface area contributed by atoms with Crippen molar-refractivity contribution < 1.29 is 9.57 Å². The highest BCUT2D eigenvalue weighted by Gasteiger charge is 2.32. The van der Waals surface area contributed by atoms with Crippen LogP contribution in [0.1, 0.15) is 19.8 Å². The Morgan fingerprint density at radius 3 is 2.79 bits per heavy atom. The van der Waals surface area contributed by atoms with Crippen LogP contribution in [0.3, 0.4) is 0 Å². The predicted molar refractivity (Wildman–Crippen MR) is 55.9 cm³/mol. The fourth-order valence-corrected chi connectivity index (χ4v) is 1.39. The van der Waals surface area contributed by atoms with E-state index in [1.54, 1.807) is 0 Å². The number of hydrogen-bond acceptors (Lipinski definition) is 4. The minimum absolute atomic E-state index is 0.0203. The fraction of sp³-hybridized carbons (Fsp3) is 0.700. The van der Waals surface area contributed by atoms with Crippen molar-refractivity contribution in [2.75, 3.05) is 19.9 Å². The zero-order valence-electron chi connectivity index (χ0n) is 8.71. The van der Waals surface area contributed by atoms with Crippen molar-refractivity contribution in [3.05, 3.63) is 12.3 Å². The van der Waals surface area contributed by atoms with Crippen LogP contribution >= 0.6 is 0 Å². The molecule has 0 radical (unpaired) electrons. The largest absolute Gasteiger partial charge is 0.411 e. The van der Waals surface area contributed by atoms with Crippen LogP contribution in [0, 0.1) is 5.41 Å². The first kappa shape index (κ1) is 11.2. The van der Waals surface area contributed by atoms with Gasteiger partial charge in [-0.05, 0) is 19.6 Å². The van der Waals surface area contributed by atoms with E-state index in [-0.39, 0.29) is 5.41 Å². The average molecular weight is 198 g/mol. The first-order valence-electron chi connectivity index (χ1n) is 4.78. The quantitative estimate of drug-likeness (QED) is 0.315. The Hall–Kier alpha value is -0.870. The molecule has 0 atom stereocenters. The Labute approximate surface area is 85.0 Å². The van der Waals surface area contributed by atoms with E-state index in [1.165, 1.54) is 0 Å². The molecular weight excluding hydrogens is 180 g/mol. The number of ether oxygens (including phenoxy) is 1. The van der Waals surface area contributed by atoms with Crippen LogP contribution in [0.4, 0.5) is 0 Å². The van der Waals surface area contributed by atoms with Gasteiger partial charge < -0.3 is 9.57 Å². The third kappa shape index (κ3) is 2.82. The highest BCUT2D eigenvalue weighted by atomic mass is 16.6. The highest BCUT2D eigenvalue weighted by molar-refractivity contribution is 5.22. The van der Waals surface area contributed by atoms with Crippen molar-refractivity contribution >= 4 is 6.72 Å². The van der Waals surface area contributed by atoms with Gasteiger partial charge in [0.05, 0.1) is 0 Å². The monoisotopic (exact) mass is 198 g/mol. The summed E-state index contributed by atoms with van der Waals surface area (Å²) in [6.45, 7) is 11.3. The molecule has 4 heteroatoms. The standard InChI is InChI=1S/C10H18N2O2/c1-9(14-12-8-11-3)10(2)4-6-13-7-5-10/h12H,1,3-8H2,2H3. The van der Waals surface area contributed by atoms with Crippen LogP contribution in [-0.2, 0) is 9.57 Å². The van der Waals surface area contributed by atoms with Crippen molar-refractivity contribution in [1.82, 2.24) is 5.48 Å². The van der Waals surface area contributed by atoms with Gasteiger partial charge in [-0.15, -0.1) is 5.48 Å². The topological polar surface area (TPSA) is 42.9 Å². The van der Waals surface area contributed by atoms with Gasteiger partial charge in [0.2, 0.25) is 0 Å². The number of hydrogen-bond donors (Lipinski definition) is 1. The molecule has 0 spiro atoms. The summed E-state index contributed by atoms with van der Waals surface area (Å²) in [6, 6.07) is 0. The lowest BCUT2D eigenvalue weighted by atomic mass is 9.81. The van der Waals surface area contributed by atoms with E-state index in [0.29, 0.717) is 6.67 Å².